The fourth-order valence-corrected chi connectivity index (χ4v) is 2.15. The summed E-state index contributed by atoms with van der Waals surface area (Å²) >= 11 is 0. The lowest BCUT2D eigenvalue weighted by Gasteiger charge is -2.33. The van der Waals surface area contributed by atoms with Crippen LogP contribution in [0.3, 0.4) is 0 Å². The Balaban J connectivity index is 4.10. The molecule has 3 heteroatoms. The molecule has 0 radical (unpaired) electrons. The third-order valence-electron chi connectivity index (χ3n) is 2.15. The molecule has 92 valence electrons. The fraction of sp³-hybridized carbons (Fsp3) is 1.00. The van der Waals surface area contributed by atoms with Crippen LogP contribution in [0.5, 0.6) is 0 Å². The third kappa shape index (κ3) is 8.85. The van der Waals surface area contributed by atoms with E-state index in [1.165, 1.54) is 0 Å². The van der Waals surface area contributed by atoms with Crippen molar-refractivity contribution in [2.45, 2.75) is 77.7 Å². The topological polar surface area (TPSA) is 61.3 Å². The smallest absolute Gasteiger partial charge is 0.0644 e. The van der Waals surface area contributed by atoms with E-state index in [1.807, 2.05) is 20.8 Å². The van der Waals surface area contributed by atoms with Gasteiger partial charge in [0.1, 0.15) is 0 Å². The van der Waals surface area contributed by atoms with E-state index in [0.717, 1.165) is 12.8 Å². The summed E-state index contributed by atoms with van der Waals surface area (Å²) in [6.07, 6.45) is 1.89. The second-order valence-corrected chi connectivity index (χ2v) is 6.06. The lowest BCUT2D eigenvalue weighted by Crippen LogP contribution is -2.40. The molecule has 0 saturated carbocycles. The van der Waals surface area contributed by atoms with Gasteiger partial charge in [0.25, 0.3) is 0 Å². The Morgan fingerprint density at radius 3 is 1.87 bits per heavy atom. The quantitative estimate of drug-likeness (QED) is 0.714. The van der Waals surface area contributed by atoms with E-state index in [9.17, 15) is 0 Å². The Kier molecular flexibility index (Phi) is 5.24. The van der Waals surface area contributed by atoms with Gasteiger partial charge in [-0.05, 0) is 54.4 Å². The minimum atomic E-state index is -0.177. The van der Waals surface area contributed by atoms with Crippen molar-refractivity contribution in [1.82, 2.24) is 0 Å². The zero-order valence-electron chi connectivity index (χ0n) is 11.1. The van der Waals surface area contributed by atoms with Gasteiger partial charge in [0, 0.05) is 11.6 Å². The van der Waals surface area contributed by atoms with E-state index in [2.05, 4.69) is 20.8 Å². The summed E-state index contributed by atoms with van der Waals surface area (Å²) in [5.74, 6) is 0. The molecule has 0 aromatic heterocycles. The van der Waals surface area contributed by atoms with Crippen LogP contribution >= 0.6 is 0 Å². The highest BCUT2D eigenvalue weighted by Crippen LogP contribution is 2.21. The van der Waals surface area contributed by atoms with Crippen molar-refractivity contribution in [2.75, 3.05) is 0 Å². The van der Waals surface area contributed by atoms with Crippen molar-refractivity contribution in [3.05, 3.63) is 0 Å². The van der Waals surface area contributed by atoms with Crippen LogP contribution < -0.4 is 11.5 Å². The van der Waals surface area contributed by atoms with E-state index < -0.39 is 0 Å². The molecule has 15 heavy (non-hydrogen) atoms. The first-order valence-electron chi connectivity index (χ1n) is 5.74. The van der Waals surface area contributed by atoms with Crippen LogP contribution in [0.15, 0.2) is 0 Å². The molecule has 0 aliphatic carbocycles. The maximum absolute atomic E-state index is 5.96. The minimum absolute atomic E-state index is 0.165. The Labute approximate surface area is 94.5 Å². The van der Waals surface area contributed by atoms with E-state index in [-0.39, 0.29) is 23.3 Å². The van der Waals surface area contributed by atoms with Crippen molar-refractivity contribution in [2.24, 2.45) is 11.5 Å². The second-order valence-electron chi connectivity index (χ2n) is 6.06. The monoisotopic (exact) mass is 216 g/mol. The molecule has 0 aromatic carbocycles. The molecular formula is C12H28N2O. The Morgan fingerprint density at radius 2 is 1.53 bits per heavy atom. The zero-order chi connectivity index (χ0) is 12.3. The lowest BCUT2D eigenvalue weighted by molar-refractivity contribution is -0.0784. The predicted octanol–water partition coefficient (Wildman–Crippen LogP) is 2.03. The summed E-state index contributed by atoms with van der Waals surface area (Å²) in [6.45, 7) is 12.3. The van der Waals surface area contributed by atoms with Gasteiger partial charge in [-0.15, -0.1) is 0 Å². The summed E-state index contributed by atoms with van der Waals surface area (Å²) < 4.78 is 5.96. The molecule has 0 spiro atoms. The molecule has 2 unspecified atom stereocenters. The van der Waals surface area contributed by atoms with Crippen molar-refractivity contribution in [3.63, 3.8) is 0 Å². The molecule has 0 aromatic rings. The third-order valence-corrected chi connectivity index (χ3v) is 2.15. The van der Waals surface area contributed by atoms with Crippen LogP contribution in [-0.2, 0) is 4.74 Å². The van der Waals surface area contributed by atoms with Crippen molar-refractivity contribution < 1.29 is 4.74 Å². The van der Waals surface area contributed by atoms with Gasteiger partial charge in [0.2, 0.25) is 0 Å². The van der Waals surface area contributed by atoms with Gasteiger partial charge in [0.15, 0.2) is 0 Å². The Hall–Kier alpha value is -0.120. The number of hydrogen-bond acceptors (Lipinski definition) is 3. The zero-order valence-corrected chi connectivity index (χ0v) is 11.1. The molecule has 0 heterocycles. The summed E-state index contributed by atoms with van der Waals surface area (Å²) in [5.41, 5.74) is 11.4. The van der Waals surface area contributed by atoms with Crippen LogP contribution in [0.1, 0.15) is 54.4 Å². The van der Waals surface area contributed by atoms with Gasteiger partial charge in [-0.2, -0.15) is 0 Å². The standard InChI is InChI=1S/C12H28N2O/c1-9(13)7-12(5,6)15-10(2)8-11(3,4)14/h9-10H,7-8,13-14H2,1-6H3. The first kappa shape index (κ1) is 14.9. The minimum Gasteiger partial charge on any atom is -0.373 e. The second kappa shape index (κ2) is 5.28. The van der Waals surface area contributed by atoms with Crippen LogP contribution in [0.4, 0.5) is 0 Å². The fourth-order valence-electron chi connectivity index (χ4n) is 2.15. The van der Waals surface area contributed by atoms with E-state index in [0.29, 0.717) is 0 Å². The molecular weight excluding hydrogens is 188 g/mol. The average molecular weight is 216 g/mol. The van der Waals surface area contributed by atoms with Crippen LogP contribution in [0.2, 0.25) is 0 Å². The van der Waals surface area contributed by atoms with Crippen LogP contribution in [0.25, 0.3) is 0 Å². The maximum Gasteiger partial charge on any atom is 0.0644 e. The predicted molar refractivity (Wildman–Crippen MR) is 65.8 cm³/mol. The van der Waals surface area contributed by atoms with Gasteiger partial charge < -0.3 is 16.2 Å². The lowest BCUT2D eigenvalue weighted by atomic mass is 9.96. The molecule has 3 nitrogen and oxygen atoms in total. The number of hydrogen-bond donors (Lipinski definition) is 2. The molecule has 0 rings (SSSR count). The molecule has 4 N–H and O–H groups in total. The van der Waals surface area contributed by atoms with E-state index in [4.69, 9.17) is 16.2 Å². The van der Waals surface area contributed by atoms with Gasteiger partial charge in [-0.25, -0.2) is 0 Å². The highest BCUT2D eigenvalue weighted by Gasteiger charge is 2.25. The normalized spacial score (nSPS) is 17.6. The first-order valence-corrected chi connectivity index (χ1v) is 5.74. The number of nitrogens with two attached hydrogens (primary N) is 2. The maximum atomic E-state index is 5.96. The molecule has 0 aliphatic heterocycles. The summed E-state index contributed by atoms with van der Waals surface area (Å²) in [7, 11) is 0. The molecule has 0 fully saturated rings. The largest absolute Gasteiger partial charge is 0.373 e. The van der Waals surface area contributed by atoms with Crippen molar-refractivity contribution in [3.8, 4) is 0 Å². The van der Waals surface area contributed by atoms with Gasteiger partial charge in [-0.3, -0.25) is 0 Å². The molecule has 2 atom stereocenters. The molecule has 0 aliphatic rings. The average Bonchev–Trinajstić information content (AvgIpc) is 1.73. The van der Waals surface area contributed by atoms with Crippen molar-refractivity contribution >= 4 is 0 Å². The van der Waals surface area contributed by atoms with Crippen LogP contribution in [-0.4, -0.2) is 23.3 Å². The molecule has 0 saturated heterocycles. The number of rotatable bonds is 6. The Bertz CT molecular complexity index is 183. The summed E-state index contributed by atoms with van der Waals surface area (Å²) in [4.78, 5) is 0. The van der Waals surface area contributed by atoms with Gasteiger partial charge in [-0.1, -0.05) is 0 Å². The number of ether oxygens (including phenoxy) is 1. The van der Waals surface area contributed by atoms with Crippen molar-refractivity contribution in [1.29, 1.82) is 0 Å². The first-order chi connectivity index (χ1) is 6.52. The molecule has 0 amide bonds. The highest BCUT2D eigenvalue weighted by atomic mass is 16.5. The van der Waals surface area contributed by atoms with E-state index in [1.54, 1.807) is 0 Å². The summed E-state index contributed by atoms with van der Waals surface area (Å²) in [6, 6.07) is 0.165. The van der Waals surface area contributed by atoms with E-state index >= 15 is 0 Å². The molecule has 0 bridgehead atoms. The van der Waals surface area contributed by atoms with Gasteiger partial charge >= 0.3 is 0 Å². The summed E-state index contributed by atoms with van der Waals surface area (Å²) in [5, 5.41) is 0. The SMILES string of the molecule is CC(N)CC(C)(C)OC(C)CC(C)(C)N. The van der Waals surface area contributed by atoms with Gasteiger partial charge in [0.05, 0.1) is 11.7 Å². The highest BCUT2D eigenvalue weighted by molar-refractivity contribution is 4.79. The Morgan fingerprint density at radius 1 is 1.07 bits per heavy atom. The van der Waals surface area contributed by atoms with Crippen LogP contribution in [0, 0.1) is 0 Å².